The minimum atomic E-state index is 0.731. The van der Waals surface area contributed by atoms with E-state index in [-0.39, 0.29) is 0 Å². The molecule has 0 unspecified atom stereocenters. The van der Waals surface area contributed by atoms with Crippen molar-refractivity contribution in [2.75, 3.05) is 0 Å². The standard InChI is InChI=1S/C23H35/c1-2-21(22-9-15-3-16(10-22)5-17(4-15)11-22)23-12-18-6-19(13-23)8-20(7-18)14-23/h15-20H,2-14H2,1H3/q+1. The number of hydrogen-bond donors (Lipinski definition) is 0. The molecule has 0 radical (unpaired) electrons. The van der Waals surface area contributed by atoms with E-state index in [0.29, 0.717) is 0 Å². The van der Waals surface area contributed by atoms with Crippen molar-refractivity contribution in [1.82, 2.24) is 0 Å². The molecule has 0 saturated heterocycles. The summed E-state index contributed by atoms with van der Waals surface area (Å²) in [7, 11) is 0. The Balaban J connectivity index is 1.38. The molecule has 0 aromatic heterocycles. The Hall–Kier alpha value is -0.130. The molecule has 0 heteroatoms. The fraction of sp³-hybridized carbons (Fsp3) is 0.957. The molecule has 0 nitrogen and oxygen atoms in total. The maximum absolute atomic E-state index is 2.55. The van der Waals surface area contributed by atoms with Gasteiger partial charge in [-0.2, -0.15) is 0 Å². The Bertz CT molecular complexity index is 386. The lowest BCUT2D eigenvalue weighted by atomic mass is 9.38. The summed E-state index contributed by atoms with van der Waals surface area (Å²) in [5, 5.41) is 0. The minimum absolute atomic E-state index is 0.731. The van der Waals surface area contributed by atoms with Gasteiger partial charge in [-0.3, -0.25) is 0 Å². The monoisotopic (exact) mass is 311 g/mol. The van der Waals surface area contributed by atoms with Gasteiger partial charge < -0.3 is 0 Å². The molecule has 126 valence electrons. The molecule has 0 aliphatic heterocycles. The lowest BCUT2D eigenvalue weighted by Gasteiger charge is -2.61. The van der Waals surface area contributed by atoms with Crippen LogP contribution in [0.25, 0.3) is 0 Å². The summed E-state index contributed by atoms with van der Waals surface area (Å²) in [6, 6.07) is 0. The zero-order valence-corrected chi connectivity index (χ0v) is 15.2. The smallest absolute Gasteiger partial charge is 0.0472 e. The summed E-state index contributed by atoms with van der Waals surface area (Å²) in [4.78, 5) is 0. The van der Waals surface area contributed by atoms with Crippen molar-refractivity contribution in [1.29, 1.82) is 0 Å². The normalized spacial score (nSPS) is 58.8. The highest BCUT2D eigenvalue weighted by Gasteiger charge is 2.68. The summed E-state index contributed by atoms with van der Waals surface area (Å²) in [5.74, 6) is 8.89. The molecule has 0 aromatic carbocycles. The van der Waals surface area contributed by atoms with E-state index in [2.05, 4.69) is 12.8 Å². The first-order valence-corrected chi connectivity index (χ1v) is 11.0. The maximum atomic E-state index is 2.55. The van der Waals surface area contributed by atoms with E-state index in [9.17, 15) is 0 Å². The Kier molecular flexibility index (Phi) is 2.77. The fourth-order valence-corrected chi connectivity index (χ4v) is 10.3. The number of hydrogen-bond acceptors (Lipinski definition) is 0. The number of rotatable bonds is 3. The lowest BCUT2D eigenvalue weighted by Crippen LogP contribution is -2.57. The van der Waals surface area contributed by atoms with Gasteiger partial charge in [-0.1, -0.05) is 0 Å². The molecule has 0 N–H and O–H groups in total. The molecule has 23 heavy (non-hydrogen) atoms. The molecule has 0 amide bonds. The van der Waals surface area contributed by atoms with E-state index < -0.39 is 0 Å². The molecule has 0 spiro atoms. The molecule has 8 bridgehead atoms. The molecule has 8 aliphatic rings. The van der Waals surface area contributed by atoms with Crippen LogP contribution in [0.4, 0.5) is 0 Å². The van der Waals surface area contributed by atoms with E-state index in [1.807, 2.05) is 0 Å². The molecular formula is C23H35+. The Morgan fingerprint density at radius 1 is 0.565 bits per heavy atom. The molecule has 8 saturated carbocycles. The van der Waals surface area contributed by atoms with E-state index in [0.717, 1.165) is 46.3 Å². The van der Waals surface area contributed by atoms with E-state index in [1.54, 1.807) is 77.0 Å². The van der Waals surface area contributed by atoms with Gasteiger partial charge in [-0.05, 0) is 119 Å². The highest BCUT2D eigenvalue weighted by atomic mass is 14.7. The van der Waals surface area contributed by atoms with Gasteiger partial charge in [0.05, 0.1) is 6.42 Å². The summed E-state index contributed by atoms with van der Waals surface area (Å²) < 4.78 is 0. The van der Waals surface area contributed by atoms with Crippen LogP contribution in [0.5, 0.6) is 0 Å². The molecule has 0 heterocycles. The van der Waals surface area contributed by atoms with Crippen LogP contribution in [-0.2, 0) is 0 Å². The topological polar surface area (TPSA) is 0 Å². The van der Waals surface area contributed by atoms with Crippen molar-refractivity contribution in [3.63, 3.8) is 0 Å². The van der Waals surface area contributed by atoms with Gasteiger partial charge >= 0.3 is 0 Å². The largest absolute Gasteiger partial charge is 0.112 e. The predicted octanol–water partition coefficient (Wildman–Crippen LogP) is 6.40. The lowest BCUT2D eigenvalue weighted by molar-refractivity contribution is -0.106. The van der Waals surface area contributed by atoms with Crippen molar-refractivity contribution in [2.45, 2.75) is 90.4 Å². The van der Waals surface area contributed by atoms with E-state index >= 15 is 0 Å². The molecule has 0 atom stereocenters. The SMILES string of the molecule is CC[C+](C12CC3CC(CC(C3)C1)C2)C12CC3CC(CC(C3)C1)C2. The Labute approximate surface area is 143 Å². The molecular weight excluding hydrogens is 276 g/mol. The highest BCUT2D eigenvalue weighted by molar-refractivity contribution is 5.24. The van der Waals surface area contributed by atoms with Gasteiger partial charge in [0.1, 0.15) is 16.7 Å². The average Bonchev–Trinajstić information content (AvgIpc) is 2.43. The van der Waals surface area contributed by atoms with E-state index in [1.165, 1.54) is 6.42 Å². The second-order valence-corrected chi connectivity index (χ2v) is 11.2. The van der Waals surface area contributed by atoms with Crippen molar-refractivity contribution < 1.29 is 0 Å². The quantitative estimate of drug-likeness (QED) is 0.529. The van der Waals surface area contributed by atoms with Crippen LogP contribution in [0.1, 0.15) is 90.4 Å². The molecule has 8 rings (SSSR count). The van der Waals surface area contributed by atoms with Gasteiger partial charge in [0, 0.05) is 0 Å². The second-order valence-electron chi connectivity index (χ2n) is 11.2. The fourth-order valence-electron chi connectivity index (χ4n) is 10.3. The first-order chi connectivity index (χ1) is 11.2. The Morgan fingerprint density at radius 2 is 0.826 bits per heavy atom. The zero-order chi connectivity index (χ0) is 15.2. The zero-order valence-electron chi connectivity index (χ0n) is 15.2. The molecule has 8 fully saturated rings. The summed E-state index contributed by atoms with van der Waals surface area (Å²) in [6.45, 7) is 2.55. The van der Waals surface area contributed by atoms with Crippen molar-refractivity contribution in [3.05, 3.63) is 5.92 Å². The third kappa shape index (κ3) is 1.87. The first kappa shape index (κ1) is 14.1. The van der Waals surface area contributed by atoms with Gasteiger partial charge in [0.15, 0.2) is 0 Å². The van der Waals surface area contributed by atoms with E-state index in [4.69, 9.17) is 0 Å². The van der Waals surface area contributed by atoms with Crippen molar-refractivity contribution >= 4 is 0 Å². The van der Waals surface area contributed by atoms with Crippen LogP contribution >= 0.6 is 0 Å². The van der Waals surface area contributed by atoms with Crippen LogP contribution in [-0.4, -0.2) is 0 Å². The summed E-state index contributed by atoms with van der Waals surface area (Å²) in [5.41, 5.74) is 1.46. The Morgan fingerprint density at radius 3 is 1.04 bits per heavy atom. The predicted molar refractivity (Wildman–Crippen MR) is 94.7 cm³/mol. The van der Waals surface area contributed by atoms with Crippen LogP contribution in [0, 0.1) is 52.3 Å². The van der Waals surface area contributed by atoms with Crippen LogP contribution in [0.15, 0.2) is 0 Å². The van der Waals surface area contributed by atoms with Gasteiger partial charge in [-0.15, -0.1) is 0 Å². The minimum Gasteiger partial charge on any atom is -0.0472 e. The molecule has 8 aliphatic carbocycles. The maximum Gasteiger partial charge on any atom is 0.112 e. The van der Waals surface area contributed by atoms with Crippen LogP contribution < -0.4 is 0 Å². The first-order valence-electron chi connectivity index (χ1n) is 11.0. The summed E-state index contributed by atoms with van der Waals surface area (Å²) in [6.07, 6.45) is 20.8. The van der Waals surface area contributed by atoms with Crippen LogP contribution in [0.2, 0.25) is 0 Å². The second kappa shape index (κ2) is 4.53. The third-order valence-electron chi connectivity index (χ3n) is 9.71. The van der Waals surface area contributed by atoms with Gasteiger partial charge in [0.2, 0.25) is 0 Å². The van der Waals surface area contributed by atoms with Crippen LogP contribution in [0.3, 0.4) is 0 Å². The van der Waals surface area contributed by atoms with Gasteiger partial charge in [-0.25, -0.2) is 0 Å². The van der Waals surface area contributed by atoms with Crippen molar-refractivity contribution in [3.8, 4) is 0 Å². The third-order valence-corrected chi connectivity index (χ3v) is 9.71. The van der Waals surface area contributed by atoms with Crippen molar-refractivity contribution in [2.24, 2.45) is 46.3 Å². The summed E-state index contributed by atoms with van der Waals surface area (Å²) >= 11 is 0. The average molecular weight is 312 g/mol. The molecule has 0 aromatic rings. The van der Waals surface area contributed by atoms with Gasteiger partial charge in [0.25, 0.3) is 0 Å². The highest BCUT2D eigenvalue weighted by Crippen LogP contribution is 2.72.